The van der Waals surface area contributed by atoms with Crippen LogP contribution in [-0.2, 0) is 13.5 Å². The van der Waals surface area contributed by atoms with Gasteiger partial charge in [-0.15, -0.1) is 0 Å². The lowest BCUT2D eigenvalue weighted by atomic mass is 10.3. The summed E-state index contributed by atoms with van der Waals surface area (Å²) < 4.78 is 2.02. The van der Waals surface area contributed by atoms with E-state index in [2.05, 4.69) is 18.5 Å². The van der Waals surface area contributed by atoms with Crippen LogP contribution in [0, 0.1) is 0 Å². The molecule has 11 heavy (non-hydrogen) atoms. The van der Waals surface area contributed by atoms with Crippen molar-refractivity contribution in [1.82, 2.24) is 9.55 Å². The van der Waals surface area contributed by atoms with Crippen molar-refractivity contribution in [2.24, 2.45) is 7.05 Å². The molecule has 0 N–H and O–H groups in total. The summed E-state index contributed by atoms with van der Waals surface area (Å²) in [6.45, 7) is 7.93. The van der Waals surface area contributed by atoms with Crippen LogP contribution < -0.4 is 0 Å². The van der Waals surface area contributed by atoms with Crippen molar-refractivity contribution >= 4 is 5.57 Å². The lowest BCUT2D eigenvalue weighted by Gasteiger charge is -1.96. The fourth-order valence-corrected chi connectivity index (χ4v) is 1.10. The van der Waals surface area contributed by atoms with Gasteiger partial charge in [0.2, 0.25) is 0 Å². The third-order valence-corrected chi connectivity index (χ3v) is 1.67. The normalized spacial score (nSPS) is 10.1. The number of aromatic nitrogens is 2. The molecule has 0 bridgehead atoms. The Bertz CT molecular complexity index is 271. The molecule has 1 aromatic heterocycles. The number of nitrogens with zero attached hydrogens (tertiary/aromatic N) is 2. The van der Waals surface area contributed by atoms with E-state index in [0.29, 0.717) is 0 Å². The minimum Gasteiger partial charge on any atom is -0.334 e. The fraction of sp³-hybridized carbons (Fsp3) is 0.444. The summed E-state index contributed by atoms with van der Waals surface area (Å²) in [5.74, 6) is 0.988. The second kappa shape index (κ2) is 2.91. The molecule has 1 heterocycles. The summed E-state index contributed by atoms with van der Waals surface area (Å²) in [5, 5.41) is 0. The number of hydrogen-bond donors (Lipinski definition) is 0. The van der Waals surface area contributed by atoms with E-state index in [0.717, 1.165) is 23.5 Å². The Morgan fingerprint density at radius 1 is 1.73 bits per heavy atom. The number of imidazole rings is 1. The van der Waals surface area contributed by atoms with Crippen LogP contribution >= 0.6 is 0 Å². The highest BCUT2D eigenvalue weighted by atomic mass is 15.0. The zero-order valence-electron chi connectivity index (χ0n) is 7.39. The molecule has 0 amide bonds. The van der Waals surface area contributed by atoms with Gasteiger partial charge in [0.05, 0.1) is 5.69 Å². The van der Waals surface area contributed by atoms with E-state index in [1.165, 1.54) is 0 Å². The van der Waals surface area contributed by atoms with Gasteiger partial charge >= 0.3 is 0 Å². The number of aryl methyl sites for hydroxylation is 2. The predicted octanol–water partition coefficient (Wildman–Crippen LogP) is 2.02. The number of rotatable bonds is 2. The van der Waals surface area contributed by atoms with Crippen molar-refractivity contribution in [3.63, 3.8) is 0 Å². The Morgan fingerprint density at radius 2 is 2.36 bits per heavy atom. The van der Waals surface area contributed by atoms with E-state index in [-0.39, 0.29) is 0 Å². The van der Waals surface area contributed by atoms with Gasteiger partial charge in [0, 0.05) is 13.2 Å². The van der Waals surface area contributed by atoms with E-state index in [1.54, 1.807) is 0 Å². The minimum atomic E-state index is 0.987. The standard InChI is InChI=1S/C9H14N2/c1-5-8-6-11(4)9(10-8)7(2)3/h6H,2,5H2,1,3-4H3. The van der Waals surface area contributed by atoms with Crippen molar-refractivity contribution in [3.05, 3.63) is 24.3 Å². The highest BCUT2D eigenvalue weighted by molar-refractivity contribution is 5.54. The molecule has 1 rings (SSSR count). The third-order valence-electron chi connectivity index (χ3n) is 1.67. The van der Waals surface area contributed by atoms with Crippen LogP contribution in [0.2, 0.25) is 0 Å². The molecular weight excluding hydrogens is 136 g/mol. The quantitative estimate of drug-likeness (QED) is 0.630. The summed E-state index contributed by atoms with van der Waals surface area (Å²) in [4.78, 5) is 4.39. The summed E-state index contributed by atoms with van der Waals surface area (Å²) in [6.07, 6.45) is 3.03. The molecule has 2 heteroatoms. The lowest BCUT2D eigenvalue weighted by molar-refractivity contribution is 0.889. The van der Waals surface area contributed by atoms with E-state index < -0.39 is 0 Å². The molecule has 60 valence electrons. The van der Waals surface area contributed by atoms with Crippen molar-refractivity contribution < 1.29 is 0 Å². The molecule has 0 radical (unpaired) electrons. The van der Waals surface area contributed by atoms with Crippen molar-refractivity contribution in [3.8, 4) is 0 Å². The molecule has 0 aliphatic heterocycles. The minimum absolute atomic E-state index is 0.987. The highest BCUT2D eigenvalue weighted by Crippen LogP contribution is 2.10. The van der Waals surface area contributed by atoms with Gasteiger partial charge in [-0.1, -0.05) is 13.5 Å². The molecule has 1 aromatic rings. The van der Waals surface area contributed by atoms with Gasteiger partial charge in [0.1, 0.15) is 5.82 Å². The fourth-order valence-electron chi connectivity index (χ4n) is 1.10. The van der Waals surface area contributed by atoms with Gasteiger partial charge in [-0.25, -0.2) is 4.98 Å². The van der Waals surface area contributed by atoms with Gasteiger partial charge in [-0.05, 0) is 18.9 Å². The summed E-state index contributed by atoms with van der Waals surface area (Å²) in [6, 6.07) is 0. The predicted molar refractivity (Wildman–Crippen MR) is 47.3 cm³/mol. The zero-order chi connectivity index (χ0) is 8.43. The van der Waals surface area contributed by atoms with Gasteiger partial charge < -0.3 is 4.57 Å². The first kappa shape index (κ1) is 8.05. The Hall–Kier alpha value is -1.05. The summed E-state index contributed by atoms with van der Waals surface area (Å²) >= 11 is 0. The van der Waals surface area contributed by atoms with Gasteiger partial charge in [-0.2, -0.15) is 0 Å². The second-order valence-corrected chi connectivity index (χ2v) is 2.80. The molecule has 0 aromatic carbocycles. The Kier molecular flexibility index (Phi) is 2.13. The van der Waals surface area contributed by atoms with Crippen molar-refractivity contribution in [2.45, 2.75) is 20.3 Å². The van der Waals surface area contributed by atoms with Crippen molar-refractivity contribution in [1.29, 1.82) is 0 Å². The van der Waals surface area contributed by atoms with Crippen LogP contribution in [0.1, 0.15) is 25.4 Å². The van der Waals surface area contributed by atoms with Crippen LogP contribution in [0.25, 0.3) is 5.57 Å². The first-order valence-corrected chi connectivity index (χ1v) is 3.83. The maximum Gasteiger partial charge on any atom is 0.134 e. The number of allylic oxidation sites excluding steroid dienone is 1. The van der Waals surface area contributed by atoms with Crippen LogP contribution in [0.15, 0.2) is 12.8 Å². The molecular formula is C9H14N2. The molecule has 2 nitrogen and oxygen atoms in total. The molecule has 0 fully saturated rings. The maximum absolute atomic E-state index is 4.39. The van der Waals surface area contributed by atoms with Crippen LogP contribution in [0.5, 0.6) is 0 Å². The van der Waals surface area contributed by atoms with E-state index in [9.17, 15) is 0 Å². The average Bonchev–Trinajstić information content (AvgIpc) is 2.30. The topological polar surface area (TPSA) is 17.8 Å². The monoisotopic (exact) mass is 150 g/mol. The van der Waals surface area contributed by atoms with Gasteiger partial charge in [-0.3, -0.25) is 0 Å². The van der Waals surface area contributed by atoms with Gasteiger partial charge in [0.25, 0.3) is 0 Å². The maximum atomic E-state index is 4.39. The number of hydrogen-bond acceptors (Lipinski definition) is 1. The first-order valence-electron chi connectivity index (χ1n) is 3.83. The van der Waals surface area contributed by atoms with Crippen molar-refractivity contribution in [2.75, 3.05) is 0 Å². The second-order valence-electron chi connectivity index (χ2n) is 2.80. The lowest BCUT2D eigenvalue weighted by Crippen LogP contribution is -1.92. The Labute approximate surface area is 67.6 Å². The van der Waals surface area contributed by atoms with Gasteiger partial charge in [0.15, 0.2) is 0 Å². The molecule has 0 aliphatic carbocycles. The van der Waals surface area contributed by atoms with E-state index >= 15 is 0 Å². The molecule has 0 spiro atoms. The average molecular weight is 150 g/mol. The zero-order valence-corrected chi connectivity index (χ0v) is 7.39. The Morgan fingerprint density at radius 3 is 2.64 bits per heavy atom. The largest absolute Gasteiger partial charge is 0.334 e. The summed E-state index contributed by atoms with van der Waals surface area (Å²) in [7, 11) is 2.00. The smallest absolute Gasteiger partial charge is 0.134 e. The van der Waals surface area contributed by atoms with Crippen LogP contribution in [0.4, 0.5) is 0 Å². The third kappa shape index (κ3) is 1.50. The molecule has 0 saturated heterocycles. The SMILES string of the molecule is C=C(C)c1nc(CC)cn1C. The van der Waals surface area contributed by atoms with Crippen LogP contribution in [0.3, 0.4) is 0 Å². The van der Waals surface area contributed by atoms with Crippen LogP contribution in [-0.4, -0.2) is 9.55 Å². The molecule has 0 atom stereocenters. The highest BCUT2D eigenvalue weighted by Gasteiger charge is 2.02. The first-order chi connectivity index (χ1) is 5.15. The van der Waals surface area contributed by atoms with E-state index in [4.69, 9.17) is 0 Å². The Balaban J connectivity index is 3.07. The molecule has 0 unspecified atom stereocenters. The van der Waals surface area contributed by atoms with E-state index in [1.807, 2.05) is 24.7 Å². The molecule has 0 aliphatic rings. The summed E-state index contributed by atoms with van der Waals surface area (Å²) in [5.41, 5.74) is 2.15. The molecule has 0 saturated carbocycles.